The number of carbonyl (C=O) groups excluding carboxylic acids is 1. The van der Waals surface area contributed by atoms with Gasteiger partial charge in [0.2, 0.25) is 0 Å². The first-order valence-corrected chi connectivity index (χ1v) is 6.44. The molecule has 0 unspecified atom stereocenters. The van der Waals surface area contributed by atoms with E-state index in [4.69, 9.17) is 5.73 Å². The minimum absolute atomic E-state index is 0.254. The lowest BCUT2D eigenvalue weighted by Gasteiger charge is -2.20. The lowest BCUT2D eigenvalue weighted by molar-refractivity contribution is 0.0951. The highest BCUT2D eigenvalue weighted by Gasteiger charge is 2.08. The molecule has 0 fully saturated rings. The van der Waals surface area contributed by atoms with Gasteiger partial charge in [0.15, 0.2) is 0 Å². The van der Waals surface area contributed by atoms with Gasteiger partial charge >= 0.3 is 0 Å². The van der Waals surface area contributed by atoms with Crippen LogP contribution in [0, 0.1) is 5.82 Å². The number of halogens is 1. The van der Waals surface area contributed by atoms with Crippen LogP contribution in [-0.4, -0.2) is 37.0 Å². The van der Waals surface area contributed by atoms with E-state index in [0.717, 1.165) is 13.0 Å². The molecule has 0 radical (unpaired) electrons. The van der Waals surface area contributed by atoms with Gasteiger partial charge in [0.1, 0.15) is 5.82 Å². The van der Waals surface area contributed by atoms with Crippen LogP contribution in [0.1, 0.15) is 30.6 Å². The van der Waals surface area contributed by atoms with Crippen molar-refractivity contribution in [1.29, 1.82) is 0 Å². The van der Waals surface area contributed by atoms with Gasteiger partial charge in [-0.15, -0.1) is 0 Å². The van der Waals surface area contributed by atoms with E-state index in [1.165, 1.54) is 18.2 Å². The first-order valence-electron chi connectivity index (χ1n) is 6.44. The fourth-order valence-electron chi connectivity index (χ4n) is 1.63. The van der Waals surface area contributed by atoms with Crippen molar-refractivity contribution in [2.45, 2.75) is 26.3 Å². The first kappa shape index (κ1) is 15.4. The van der Waals surface area contributed by atoms with Crippen molar-refractivity contribution in [3.05, 3.63) is 29.6 Å². The number of anilines is 1. The molecule has 0 bridgehead atoms. The molecule has 19 heavy (non-hydrogen) atoms. The molecule has 1 amide bonds. The zero-order valence-electron chi connectivity index (χ0n) is 11.7. The summed E-state index contributed by atoms with van der Waals surface area (Å²) in [5, 5.41) is 2.76. The van der Waals surface area contributed by atoms with Crippen LogP contribution in [0.15, 0.2) is 18.2 Å². The average Bonchev–Trinajstić information content (AvgIpc) is 2.32. The van der Waals surface area contributed by atoms with Crippen molar-refractivity contribution < 1.29 is 9.18 Å². The standard InChI is InChI=1S/C14H22FN3O/c1-10(2)18(3)6-4-5-17-14(19)11-7-12(15)9-13(16)8-11/h7-10H,4-6,16H2,1-3H3,(H,17,19). The molecule has 0 atom stereocenters. The van der Waals surface area contributed by atoms with Crippen molar-refractivity contribution in [2.24, 2.45) is 0 Å². The molecule has 5 heteroatoms. The van der Waals surface area contributed by atoms with Crippen molar-refractivity contribution >= 4 is 11.6 Å². The predicted octanol–water partition coefficient (Wildman–Crippen LogP) is 1.87. The van der Waals surface area contributed by atoms with Gasteiger partial charge in [0, 0.05) is 23.8 Å². The molecular weight excluding hydrogens is 245 g/mol. The number of rotatable bonds is 6. The summed E-state index contributed by atoms with van der Waals surface area (Å²) in [6.45, 7) is 5.71. The summed E-state index contributed by atoms with van der Waals surface area (Å²) in [6.07, 6.45) is 0.852. The summed E-state index contributed by atoms with van der Waals surface area (Å²) in [5.41, 5.74) is 6.01. The van der Waals surface area contributed by atoms with Crippen molar-refractivity contribution in [3.8, 4) is 0 Å². The van der Waals surface area contributed by atoms with E-state index in [1.54, 1.807) is 0 Å². The Hall–Kier alpha value is -1.62. The van der Waals surface area contributed by atoms with Gasteiger partial charge in [0.25, 0.3) is 5.91 Å². The Morgan fingerprint density at radius 2 is 2.11 bits per heavy atom. The van der Waals surface area contributed by atoms with E-state index >= 15 is 0 Å². The fraction of sp³-hybridized carbons (Fsp3) is 0.500. The second kappa shape index (κ2) is 7.09. The van der Waals surface area contributed by atoms with Gasteiger partial charge in [-0.1, -0.05) is 0 Å². The predicted molar refractivity (Wildman–Crippen MR) is 75.5 cm³/mol. The Morgan fingerprint density at radius 1 is 1.42 bits per heavy atom. The molecule has 0 saturated heterocycles. The van der Waals surface area contributed by atoms with Gasteiger partial charge in [0.05, 0.1) is 0 Å². The summed E-state index contributed by atoms with van der Waals surface area (Å²) < 4.78 is 13.1. The molecule has 4 nitrogen and oxygen atoms in total. The van der Waals surface area contributed by atoms with Crippen LogP contribution < -0.4 is 11.1 Å². The highest BCUT2D eigenvalue weighted by molar-refractivity contribution is 5.95. The van der Waals surface area contributed by atoms with Crippen LogP contribution in [0.2, 0.25) is 0 Å². The topological polar surface area (TPSA) is 58.4 Å². The highest BCUT2D eigenvalue weighted by atomic mass is 19.1. The quantitative estimate of drug-likeness (QED) is 0.611. The minimum Gasteiger partial charge on any atom is -0.399 e. The summed E-state index contributed by atoms with van der Waals surface area (Å²) in [4.78, 5) is 14.0. The molecular formula is C14H22FN3O. The van der Waals surface area contributed by atoms with Gasteiger partial charge in [-0.25, -0.2) is 4.39 Å². The second-order valence-electron chi connectivity index (χ2n) is 4.96. The summed E-state index contributed by atoms with van der Waals surface area (Å²) in [7, 11) is 2.04. The average molecular weight is 267 g/mol. The molecule has 0 aromatic heterocycles. The number of nitrogens with zero attached hydrogens (tertiary/aromatic N) is 1. The van der Waals surface area contributed by atoms with Crippen LogP contribution in [-0.2, 0) is 0 Å². The SMILES string of the molecule is CC(C)N(C)CCCNC(=O)c1cc(N)cc(F)c1. The van der Waals surface area contributed by atoms with E-state index in [0.29, 0.717) is 12.6 Å². The molecule has 0 saturated carbocycles. The van der Waals surface area contributed by atoms with Gasteiger partial charge in [-0.05, 0) is 52.1 Å². The van der Waals surface area contributed by atoms with Crippen LogP contribution in [0.4, 0.5) is 10.1 Å². The molecule has 1 aromatic carbocycles. The lowest BCUT2D eigenvalue weighted by atomic mass is 10.2. The van der Waals surface area contributed by atoms with E-state index in [-0.39, 0.29) is 17.2 Å². The minimum atomic E-state index is -0.496. The van der Waals surface area contributed by atoms with Crippen LogP contribution in [0.25, 0.3) is 0 Å². The second-order valence-corrected chi connectivity index (χ2v) is 4.96. The third kappa shape index (κ3) is 5.26. The Balaban J connectivity index is 2.39. The van der Waals surface area contributed by atoms with E-state index in [1.807, 2.05) is 7.05 Å². The normalized spacial score (nSPS) is 11.1. The maximum atomic E-state index is 13.1. The Labute approximate surface area is 113 Å². The van der Waals surface area contributed by atoms with Crippen LogP contribution >= 0.6 is 0 Å². The third-order valence-corrected chi connectivity index (χ3v) is 3.04. The summed E-state index contributed by atoms with van der Waals surface area (Å²) >= 11 is 0. The number of hydrogen-bond acceptors (Lipinski definition) is 3. The molecule has 0 heterocycles. The fourth-order valence-corrected chi connectivity index (χ4v) is 1.63. The van der Waals surface area contributed by atoms with Gasteiger partial charge < -0.3 is 16.0 Å². The zero-order chi connectivity index (χ0) is 14.4. The molecule has 1 rings (SSSR count). The van der Waals surface area contributed by atoms with E-state index < -0.39 is 5.82 Å². The summed E-state index contributed by atoms with van der Waals surface area (Å²) in [5.74, 6) is -0.789. The van der Waals surface area contributed by atoms with E-state index in [9.17, 15) is 9.18 Å². The zero-order valence-corrected chi connectivity index (χ0v) is 11.7. The van der Waals surface area contributed by atoms with Crippen molar-refractivity contribution in [1.82, 2.24) is 10.2 Å². The van der Waals surface area contributed by atoms with Crippen LogP contribution in [0.5, 0.6) is 0 Å². The van der Waals surface area contributed by atoms with Crippen molar-refractivity contribution in [2.75, 3.05) is 25.9 Å². The molecule has 0 aliphatic rings. The highest BCUT2D eigenvalue weighted by Crippen LogP contribution is 2.10. The third-order valence-electron chi connectivity index (χ3n) is 3.04. The Morgan fingerprint density at radius 3 is 2.68 bits per heavy atom. The molecule has 106 valence electrons. The van der Waals surface area contributed by atoms with E-state index in [2.05, 4.69) is 24.1 Å². The number of benzene rings is 1. The number of nitrogens with two attached hydrogens (primary N) is 1. The number of nitrogen functional groups attached to an aromatic ring is 1. The first-order chi connectivity index (χ1) is 8.90. The molecule has 0 aliphatic carbocycles. The molecule has 0 spiro atoms. The van der Waals surface area contributed by atoms with Gasteiger partial charge in [-0.2, -0.15) is 0 Å². The van der Waals surface area contributed by atoms with Gasteiger partial charge in [-0.3, -0.25) is 4.79 Å². The molecule has 1 aromatic rings. The maximum Gasteiger partial charge on any atom is 0.251 e. The number of amides is 1. The van der Waals surface area contributed by atoms with Crippen molar-refractivity contribution in [3.63, 3.8) is 0 Å². The number of hydrogen-bond donors (Lipinski definition) is 2. The Bertz CT molecular complexity index is 414. The Kier molecular flexibility index (Phi) is 5.76. The molecule has 0 aliphatic heterocycles. The van der Waals surface area contributed by atoms with Crippen LogP contribution in [0.3, 0.4) is 0 Å². The number of nitrogens with one attached hydrogen (secondary N) is 1. The number of carbonyl (C=O) groups is 1. The maximum absolute atomic E-state index is 13.1. The molecule has 3 N–H and O–H groups in total. The monoisotopic (exact) mass is 267 g/mol. The summed E-state index contributed by atoms with van der Waals surface area (Å²) in [6, 6.07) is 4.33. The largest absolute Gasteiger partial charge is 0.399 e. The lowest BCUT2D eigenvalue weighted by Crippen LogP contribution is -2.31. The smallest absolute Gasteiger partial charge is 0.251 e.